The predicted octanol–water partition coefficient (Wildman–Crippen LogP) is 1.74. The fraction of sp³-hybridized carbons (Fsp3) is 0.533. The smallest absolute Gasteiger partial charge is 0.272 e. The quantitative estimate of drug-likeness (QED) is 0.534. The summed E-state index contributed by atoms with van der Waals surface area (Å²) in [7, 11) is 3.84. The number of thiophene rings is 1. The topological polar surface area (TPSA) is 49.9 Å². The Morgan fingerprint density at radius 2 is 2.14 bits per heavy atom. The van der Waals surface area contributed by atoms with Crippen molar-refractivity contribution in [3.63, 3.8) is 0 Å². The molecular weight excluding hydrogens is 284 g/mol. The minimum atomic E-state index is 0.0364. The van der Waals surface area contributed by atoms with Crippen LogP contribution in [0, 0.1) is 0 Å². The van der Waals surface area contributed by atoms with Crippen LogP contribution in [-0.4, -0.2) is 34.7 Å². The molecule has 1 aliphatic rings. The van der Waals surface area contributed by atoms with E-state index in [-0.39, 0.29) is 5.56 Å². The van der Waals surface area contributed by atoms with Crippen LogP contribution in [0.5, 0.6) is 0 Å². The molecule has 1 N–H and O–H groups in total. The second-order valence-electron chi connectivity index (χ2n) is 5.64. The normalized spacial score (nSPS) is 14.0. The molecule has 21 heavy (non-hydrogen) atoms. The Bertz CT molecular complexity index is 768. The molecule has 0 aromatic carbocycles. The molecule has 3 rings (SSSR count). The van der Waals surface area contributed by atoms with Crippen LogP contribution in [0.15, 0.2) is 4.79 Å². The Morgan fingerprint density at radius 1 is 1.38 bits per heavy atom. The zero-order valence-corrected chi connectivity index (χ0v) is 13.6. The van der Waals surface area contributed by atoms with E-state index >= 15 is 0 Å². The average molecular weight is 305 g/mol. The molecule has 0 fully saturated rings. The van der Waals surface area contributed by atoms with E-state index in [1.165, 1.54) is 23.3 Å². The lowest BCUT2D eigenvalue weighted by Gasteiger charge is -2.10. The minimum absolute atomic E-state index is 0.0364. The number of fused-ring (bicyclic) bond motifs is 3. The van der Waals surface area contributed by atoms with Gasteiger partial charge in [0.2, 0.25) is 0 Å². The van der Waals surface area contributed by atoms with Crippen LogP contribution in [-0.2, 0) is 19.3 Å². The Balaban J connectivity index is 2.24. The van der Waals surface area contributed by atoms with Gasteiger partial charge in [-0.05, 0) is 31.2 Å². The molecule has 0 unspecified atom stereocenters. The van der Waals surface area contributed by atoms with Gasteiger partial charge in [-0.25, -0.2) is 4.98 Å². The van der Waals surface area contributed by atoms with Gasteiger partial charge < -0.3 is 0 Å². The van der Waals surface area contributed by atoms with Crippen LogP contribution >= 0.6 is 11.3 Å². The molecule has 0 atom stereocenters. The first kappa shape index (κ1) is 14.3. The number of hydrogen-bond donors (Lipinski definition) is 1. The number of rotatable bonds is 3. The van der Waals surface area contributed by atoms with E-state index in [9.17, 15) is 4.79 Å². The van der Waals surface area contributed by atoms with Gasteiger partial charge in [0, 0.05) is 11.3 Å². The first-order valence-electron chi connectivity index (χ1n) is 7.44. The molecule has 2 aromatic rings. The van der Waals surface area contributed by atoms with Crippen LogP contribution in [0.3, 0.4) is 0 Å². The fourth-order valence-corrected chi connectivity index (χ4v) is 4.06. The van der Waals surface area contributed by atoms with E-state index < -0.39 is 0 Å². The highest BCUT2D eigenvalue weighted by Gasteiger charge is 2.22. The van der Waals surface area contributed by atoms with Gasteiger partial charge in [-0.3, -0.25) is 9.37 Å². The Kier molecular flexibility index (Phi) is 3.80. The first-order valence-corrected chi connectivity index (χ1v) is 8.26. The maximum Gasteiger partial charge on any atom is 0.298 e. The van der Waals surface area contributed by atoms with Crippen molar-refractivity contribution < 1.29 is 4.58 Å². The molecule has 112 valence electrons. The van der Waals surface area contributed by atoms with Crippen LogP contribution in [0.4, 0.5) is 0 Å². The second-order valence-corrected chi connectivity index (χ2v) is 6.72. The Morgan fingerprint density at radius 3 is 2.86 bits per heavy atom. The van der Waals surface area contributed by atoms with E-state index in [1.807, 2.05) is 25.6 Å². The van der Waals surface area contributed by atoms with Crippen molar-refractivity contribution in [2.45, 2.75) is 39.0 Å². The van der Waals surface area contributed by atoms with Crippen molar-refractivity contribution in [1.82, 2.24) is 9.66 Å². The van der Waals surface area contributed by atoms with Crippen molar-refractivity contribution in [1.29, 1.82) is 0 Å². The van der Waals surface area contributed by atoms with Crippen molar-refractivity contribution in [3.05, 3.63) is 26.6 Å². The molecule has 5 nitrogen and oxygen atoms in total. The lowest BCUT2D eigenvalue weighted by atomic mass is 9.97. The van der Waals surface area contributed by atoms with Gasteiger partial charge in [-0.2, -0.15) is 5.43 Å². The summed E-state index contributed by atoms with van der Waals surface area (Å²) < 4.78 is 3.46. The lowest BCUT2D eigenvalue weighted by Crippen LogP contribution is -2.33. The molecular formula is C15H21N4OS+. The minimum Gasteiger partial charge on any atom is -0.272 e. The third kappa shape index (κ3) is 2.48. The van der Waals surface area contributed by atoms with E-state index in [1.54, 1.807) is 22.4 Å². The summed E-state index contributed by atoms with van der Waals surface area (Å²) in [6.07, 6.45) is 6.99. The molecule has 0 saturated heterocycles. The monoisotopic (exact) mass is 305 g/mol. The molecule has 2 heterocycles. The Hall–Kier alpha value is -1.69. The second kappa shape index (κ2) is 5.60. The highest BCUT2D eigenvalue weighted by molar-refractivity contribution is 7.18. The number of nitrogens with zero attached hydrogens (tertiary/aromatic N) is 3. The molecule has 2 aromatic heterocycles. The first-order chi connectivity index (χ1) is 10.1. The highest BCUT2D eigenvalue weighted by atomic mass is 32.1. The van der Waals surface area contributed by atoms with Crippen molar-refractivity contribution >= 4 is 27.9 Å². The fourth-order valence-electron chi connectivity index (χ4n) is 2.79. The summed E-state index contributed by atoms with van der Waals surface area (Å²) in [6, 6.07) is 0. The maximum absolute atomic E-state index is 12.9. The highest BCUT2D eigenvalue weighted by Crippen LogP contribution is 2.33. The molecule has 0 amide bonds. The van der Waals surface area contributed by atoms with Gasteiger partial charge in [0.1, 0.15) is 4.83 Å². The van der Waals surface area contributed by atoms with Gasteiger partial charge in [-0.1, -0.05) is 6.92 Å². The SMILES string of the molecule is CCc1nc2sc3c(c2c(=O)n1NC=[N+](C)C)CCCC3. The van der Waals surface area contributed by atoms with E-state index in [0.29, 0.717) is 0 Å². The molecule has 0 bridgehead atoms. The number of aromatic nitrogens is 2. The molecule has 0 spiro atoms. The number of hydrogen-bond acceptors (Lipinski definition) is 3. The van der Waals surface area contributed by atoms with Crippen molar-refractivity contribution in [2.24, 2.45) is 0 Å². The largest absolute Gasteiger partial charge is 0.298 e. The summed E-state index contributed by atoms with van der Waals surface area (Å²) in [5, 5.41) is 0.826. The summed E-state index contributed by atoms with van der Waals surface area (Å²) in [4.78, 5) is 19.9. The summed E-state index contributed by atoms with van der Waals surface area (Å²) in [5.74, 6) is 0.782. The number of nitrogens with one attached hydrogen (secondary N) is 1. The average Bonchev–Trinajstić information content (AvgIpc) is 2.84. The molecule has 0 aliphatic heterocycles. The van der Waals surface area contributed by atoms with Crippen LogP contribution in [0.2, 0.25) is 0 Å². The van der Waals surface area contributed by atoms with Crippen molar-refractivity contribution in [2.75, 3.05) is 19.5 Å². The van der Waals surface area contributed by atoms with E-state index in [4.69, 9.17) is 4.98 Å². The zero-order valence-electron chi connectivity index (χ0n) is 12.8. The summed E-state index contributed by atoms with van der Waals surface area (Å²) in [6.45, 7) is 2.02. The molecule has 1 aliphatic carbocycles. The molecule has 0 saturated carbocycles. The maximum atomic E-state index is 12.9. The van der Waals surface area contributed by atoms with Crippen LogP contribution in [0.25, 0.3) is 10.2 Å². The van der Waals surface area contributed by atoms with Gasteiger partial charge in [-0.15, -0.1) is 16.0 Å². The molecule has 6 heteroatoms. The van der Waals surface area contributed by atoms with E-state index in [2.05, 4.69) is 5.43 Å². The van der Waals surface area contributed by atoms with Gasteiger partial charge in [0.25, 0.3) is 11.9 Å². The van der Waals surface area contributed by atoms with Gasteiger partial charge >= 0.3 is 0 Å². The standard InChI is InChI=1S/C15H20N4OS/c1-4-12-17-14-13(10-7-5-6-8-11(10)21-14)15(20)19(12)16-9-18(2)3/h9H,4-8H2,1-3H3/p+1. The third-order valence-corrected chi connectivity index (χ3v) is 5.01. The summed E-state index contributed by atoms with van der Waals surface area (Å²) >= 11 is 1.70. The molecule has 0 radical (unpaired) electrons. The van der Waals surface area contributed by atoms with Crippen LogP contribution < -0.4 is 11.0 Å². The van der Waals surface area contributed by atoms with Crippen LogP contribution in [0.1, 0.15) is 36.0 Å². The zero-order chi connectivity index (χ0) is 15.0. The van der Waals surface area contributed by atoms with Gasteiger partial charge in [0.15, 0.2) is 5.82 Å². The predicted molar refractivity (Wildman–Crippen MR) is 87.4 cm³/mol. The number of aryl methyl sites for hydroxylation is 3. The third-order valence-electron chi connectivity index (χ3n) is 3.82. The van der Waals surface area contributed by atoms with Gasteiger partial charge in [0.05, 0.1) is 19.5 Å². The Labute approximate surface area is 127 Å². The summed E-state index contributed by atoms with van der Waals surface area (Å²) in [5.41, 5.74) is 4.34. The lowest BCUT2D eigenvalue weighted by molar-refractivity contribution is -0.459. The van der Waals surface area contributed by atoms with Crippen molar-refractivity contribution in [3.8, 4) is 0 Å². The van der Waals surface area contributed by atoms with E-state index in [0.717, 1.165) is 35.3 Å².